The summed E-state index contributed by atoms with van der Waals surface area (Å²) in [7, 11) is 0. The van der Waals surface area contributed by atoms with Gasteiger partial charge in [0.15, 0.2) is 0 Å². The molecule has 2 heterocycles. The Kier molecular flexibility index (Phi) is 8.55. The monoisotopic (exact) mass is 553 g/mol. The van der Waals surface area contributed by atoms with Crippen LogP contribution in [0.2, 0.25) is 0 Å². The Morgan fingerprint density at radius 3 is 2.55 bits per heavy atom. The third-order valence-electron chi connectivity index (χ3n) is 7.06. The van der Waals surface area contributed by atoms with Gasteiger partial charge in [0.2, 0.25) is 11.1 Å². The lowest BCUT2D eigenvalue weighted by Crippen LogP contribution is -2.31. The Hall–Kier alpha value is -4.04. The molecule has 0 bridgehead atoms. The first-order chi connectivity index (χ1) is 19.4. The summed E-state index contributed by atoms with van der Waals surface area (Å²) in [6, 6.07) is 23.7. The number of hydrogen-bond donors (Lipinski definition) is 2. The molecule has 0 saturated heterocycles. The smallest absolute Gasteiger partial charge is 0.255 e. The third-order valence-corrected chi connectivity index (χ3v) is 8.11. The summed E-state index contributed by atoms with van der Waals surface area (Å²) < 4.78 is 7.85. The Morgan fingerprint density at radius 1 is 1.02 bits per heavy atom. The molecule has 0 saturated carbocycles. The van der Waals surface area contributed by atoms with Gasteiger partial charge in [-0.3, -0.25) is 4.79 Å². The van der Waals surface area contributed by atoms with Crippen molar-refractivity contribution in [1.82, 2.24) is 14.8 Å². The maximum Gasteiger partial charge on any atom is 0.255 e. The van der Waals surface area contributed by atoms with E-state index in [1.165, 1.54) is 5.56 Å². The highest BCUT2D eigenvalue weighted by molar-refractivity contribution is 7.99. The number of ether oxygens (including phenoxy) is 1. The van der Waals surface area contributed by atoms with Crippen molar-refractivity contribution in [3.63, 3.8) is 0 Å². The first-order valence-electron chi connectivity index (χ1n) is 13.7. The third kappa shape index (κ3) is 6.07. The molecule has 5 rings (SSSR count). The van der Waals surface area contributed by atoms with E-state index >= 15 is 0 Å². The molecule has 3 aromatic carbocycles. The van der Waals surface area contributed by atoms with E-state index in [1.807, 2.05) is 86.1 Å². The molecule has 1 aliphatic heterocycles. The van der Waals surface area contributed by atoms with E-state index in [-0.39, 0.29) is 5.91 Å². The molecule has 206 valence electrons. The van der Waals surface area contributed by atoms with Gasteiger partial charge in [0.1, 0.15) is 11.8 Å². The number of carbonyl (C=O) groups excluding carboxylic acids is 1. The predicted molar refractivity (Wildman–Crippen MR) is 162 cm³/mol. The number of thioether (sulfide) groups is 1. The topological polar surface area (TPSA) is 81.1 Å². The molecule has 0 radical (unpaired) electrons. The van der Waals surface area contributed by atoms with Gasteiger partial charge < -0.3 is 15.4 Å². The second-order valence-electron chi connectivity index (χ2n) is 9.93. The highest BCUT2D eigenvalue weighted by Crippen LogP contribution is 2.37. The van der Waals surface area contributed by atoms with Crippen LogP contribution in [0.5, 0.6) is 5.75 Å². The Labute approximate surface area is 240 Å². The maximum atomic E-state index is 13.9. The minimum atomic E-state index is -0.441. The van der Waals surface area contributed by atoms with Gasteiger partial charge in [-0.25, -0.2) is 4.68 Å². The summed E-state index contributed by atoms with van der Waals surface area (Å²) in [5.74, 6) is 2.17. The molecule has 1 aliphatic rings. The fourth-order valence-corrected chi connectivity index (χ4v) is 5.43. The van der Waals surface area contributed by atoms with Crippen molar-refractivity contribution < 1.29 is 9.53 Å². The van der Waals surface area contributed by atoms with Gasteiger partial charge in [-0.05, 0) is 67.6 Å². The van der Waals surface area contributed by atoms with Crippen LogP contribution in [0.15, 0.2) is 89.2 Å². The second-order valence-corrected chi connectivity index (χ2v) is 11.0. The van der Waals surface area contributed by atoms with E-state index in [0.717, 1.165) is 52.4 Å². The number of fused-ring (bicyclic) bond motifs is 1. The molecule has 1 amide bonds. The van der Waals surface area contributed by atoms with Crippen molar-refractivity contribution in [2.75, 3.05) is 23.0 Å². The molecular weight excluding hydrogens is 518 g/mol. The highest BCUT2D eigenvalue weighted by Gasteiger charge is 2.34. The Bertz CT molecular complexity index is 1510. The largest absolute Gasteiger partial charge is 0.493 e. The van der Waals surface area contributed by atoms with Gasteiger partial charge in [-0.1, -0.05) is 73.3 Å². The van der Waals surface area contributed by atoms with Gasteiger partial charge in [0.05, 0.1) is 12.2 Å². The maximum absolute atomic E-state index is 13.9. The number of carbonyl (C=O) groups is 1. The van der Waals surface area contributed by atoms with Crippen molar-refractivity contribution in [3.05, 3.63) is 106 Å². The van der Waals surface area contributed by atoms with Crippen LogP contribution in [0.4, 0.5) is 11.6 Å². The average Bonchev–Trinajstić information content (AvgIpc) is 3.37. The summed E-state index contributed by atoms with van der Waals surface area (Å²) >= 11 is 1.62. The zero-order valence-corrected chi connectivity index (χ0v) is 24.2. The molecular formula is C32H35N5O2S. The van der Waals surface area contributed by atoms with Gasteiger partial charge in [-0.2, -0.15) is 4.98 Å². The van der Waals surface area contributed by atoms with Crippen molar-refractivity contribution in [2.24, 2.45) is 0 Å². The van der Waals surface area contributed by atoms with Gasteiger partial charge in [-0.15, -0.1) is 5.10 Å². The second kappa shape index (κ2) is 12.4. The fourth-order valence-electron chi connectivity index (χ4n) is 4.74. The SMILES string of the molecule is CCCSc1nc2n(n1)C(c1ccc(OCCc3ccccc3)cc1)C(C(=O)Nc1cccc(C)c1C)=C(C)N2. The summed E-state index contributed by atoms with van der Waals surface area (Å²) in [6.07, 6.45) is 1.86. The van der Waals surface area contributed by atoms with Gasteiger partial charge in [0.25, 0.3) is 5.91 Å². The first kappa shape index (κ1) is 27.5. The summed E-state index contributed by atoms with van der Waals surface area (Å²) in [6.45, 7) is 8.70. The van der Waals surface area contributed by atoms with Crippen molar-refractivity contribution in [3.8, 4) is 5.75 Å². The van der Waals surface area contributed by atoms with E-state index in [4.69, 9.17) is 14.8 Å². The number of nitrogens with zero attached hydrogens (tertiary/aromatic N) is 3. The number of allylic oxidation sites excluding steroid dienone is 1. The lowest BCUT2D eigenvalue weighted by Gasteiger charge is -2.29. The number of nitrogens with one attached hydrogen (secondary N) is 2. The fraction of sp³-hybridized carbons (Fsp3) is 0.281. The van der Waals surface area contributed by atoms with Crippen LogP contribution in [0.25, 0.3) is 0 Å². The van der Waals surface area contributed by atoms with E-state index in [9.17, 15) is 4.79 Å². The number of rotatable bonds is 10. The van der Waals surface area contributed by atoms with Crippen molar-refractivity contribution >= 4 is 29.3 Å². The quantitative estimate of drug-likeness (QED) is 0.207. The highest BCUT2D eigenvalue weighted by atomic mass is 32.2. The van der Waals surface area contributed by atoms with Crippen LogP contribution < -0.4 is 15.4 Å². The molecule has 1 aromatic heterocycles. The van der Waals surface area contributed by atoms with Crippen LogP contribution in [0.1, 0.15) is 48.6 Å². The van der Waals surface area contributed by atoms with Gasteiger partial charge >= 0.3 is 0 Å². The zero-order chi connectivity index (χ0) is 28.1. The van der Waals surface area contributed by atoms with Crippen molar-refractivity contribution in [1.29, 1.82) is 0 Å². The Morgan fingerprint density at radius 2 is 1.80 bits per heavy atom. The van der Waals surface area contributed by atoms with E-state index < -0.39 is 6.04 Å². The minimum absolute atomic E-state index is 0.171. The van der Waals surface area contributed by atoms with E-state index in [0.29, 0.717) is 23.3 Å². The molecule has 0 spiro atoms. The van der Waals surface area contributed by atoms with Crippen LogP contribution in [0, 0.1) is 13.8 Å². The lowest BCUT2D eigenvalue weighted by molar-refractivity contribution is -0.113. The molecule has 8 heteroatoms. The van der Waals surface area contributed by atoms with E-state index in [1.54, 1.807) is 11.8 Å². The average molecular weight is 554 g/mol. The van der Waals surface area contributed by atoms with Crippen LogP contribution in [0.3, 0.4) is 0 Å². The number of anilines is 2. The summed E-state index contributed by atoms with van der Waals surface area (Å²) in [5.41, 5.74) is 6.50. The molecule has 40 heavy (non-hydrogen) atoms. The number of benzene rings is 3. The number of aryl methyl sites for hydroxylation is 1. The standard InChI is InChI=1S/C32H35N5O2S/c1-5-20-40-32-35-31-33-23(4)28(30(38)34-27-13-9-10-21(2)22(27)3)29(37(31)36-32)25-14-16-26(17-15-25)39-19-18-24-11-7-6-8-12-24/h6-17,29H,5,18-20H2,1-4H3,(H,34,38)(H,33,35,36). The van der Waals surface area contributed by atoms with Crippen LogP contribution in [-0.4, -0.2) is 33.0 Å². The summed E-state index contributed by atoms with van der Waals surface area (Å²) in [5, 5.41) is 12.0. The van der Waals surface area contributed by atoms with Gasteiger partial charge in [0, 0.05) is 23.6 Å². The minimum Gasteiger partial charge on any atom is -0.493 e. The molecule has 0 fully saturated rings. The molecule has 7 nitrogen and oxygen atoms in total. The number of amides is 1. The molecule has 1 unspecified atom stereocenters. The molecule has 2 N–H and O–H groups in total. The lowest BCUT2D eigenvalue weighted by atomic mass is 9.94. The van der Waals surface area contributed by atoms with Crippen LogP contribution >= 0.6 is 11.8 Å². The molecule has 0 aliphatic carbocycles. The van der Waals surface area contributed by atoms with Crippen LogP contribution in [-0.2, 0) is 11.2 Å². The van der Waals surface area contributed by atoms with E-state index in [2.05, 4.69) is 29.7 Å². The van der Waals surface area contributed by atoms with Crippen molar-refractivity contribution in [2.45, 2.75) is 51.7 Å². The normalized spacial score (nSPS) is 14.4. The Balaban J connectivity index is 1.43. The number of aromatic nitrogens is 3. The zero-order valence-electron chi connectivity index (χ0n) is 23.4. The predicted octanol–water partition coefficient (Wildman–Crippen LogP) is 6.95. The number of hydrogen-bond acceptors (Lipinski definition) is 6. The molecule has 1 atom stereocenters. The first-order valence-corrected chi connectivity index (χ1v) is 14.6. The summed E-state index contributed by atoms with van der Waals surface area (Å²) in [4.78, 5) is 18.6. The molecule has 4 aromatic rings.